The van der Waals surface area contributed by atoms with Gasteiger partial charge in [0.15, 0.2) is 0 Å². The summed E-state index contributed by atoms with van der Waals surface area (Å²) in [5, 5.41) is 35.8. The first kappa shape index (κ1) is 49.5. The van der Waals surface area contributed by atoms with Gasteiger partial charge in [-0.25, -0.2) is 9.37 Å². The standard InChI is InChI=1S/C60H62N8O7/c61-65-64-43-21-18-38(19-22-43)36-68(53(70)24-25-62-35-44(69)37-74-52-17-7-13-39-10-1-2-14-45(39)52)31-26-63-59(71)42-20-23-46(60(72)73)49(34-42)54-50-32-40-11-3-5-27-66-29-8-15-47(55(40)66)57(50)75-58-48-16-9-30-67-28-6-4-12-41(56(48)67)33-51(54)58/h1-2,7,10,13-14,17-23,32-34,44,62,69H,3-6,8-9,11-12,15-16,24-31,35-37H2,(H-,63,71,72,73)/p+1/t44-/m0/s1. The van der Waals surface area contributed by atoms with Crippen molar-refractivity contribution in [1.29, 1.82) is 0 Å². The van der Waals surface area contributed by atoms with Crippen LogP contribution in [0, 0.1) is 0 Å². The van der Waals surface area contributed by atoms with Crippen LogP contribution in [0.15, 0.2) is 102 Å². The lowest BCUT2D eigenvalue weighted by atomic mass is 9.82. The van der Waals surface area contributed by atoms with Gasteiger partial charge < -0.3 is 40.1 Å². The van der Waals surface area contributed by atoms with Crippen LogP contribution in [0.4, 0.5) is 11.4 Å². The molecule has 75 heavy (non-hydrogen) atoms. The van der Waals surface area contributed by atoms with Crippen molar-refractivity contribution in [1.82, 2.24) is 20.1 Å². The minimum absolute atomic E-state index is 0.0740. The highest BCUT2D eigenvalue weighted by molar-refractivity contribution is 6.03. The maximum absolute atomic E-state index is 14.4. The van der Waals surface area contributed by atoms with Crippen molar-refractivity contribution in [3.8, 4) is 17.2 Å². The minimum atomic E-state index is -1.08. The molecule has 0 aliphatic carbocycles. The second-order valence-corrected chi connectivity index (χ2v) is 20.4. The first-order valence-electron chi connectivity index (χ1n) is 26.7. The Morgan fingerprint density at radius 1 is 0.827 bits per heavy atom. The number of rotatable bonds is 17. The van der Waals surface area contributed by atoms with E-state index < -0.39 is 18.0 Å². The second-order valence-electron chi connectivity index (χ2n) is 20.4. The number of amides is 2. The normalized spacial score (nSPS) is 15.7. The molecule has 4 N–H and O–H groups in total. The van der Waals surface area contributed by atoms with Crippen LogP contribution < -0.4 is 40.2 Å². The second kappa shape index (κ2) is 22.0. The van der Waals surface area contributed by atoms with Gasteiger partial charge in [-0.2, -0.15) is 0 Å². The molecule has 0 saturated carbocycles. The number of azide groups is 1. The van der Waals surface area contributed by atoms with Gasteiger partial charge in [-0.05, 0) is 115 Å². The van der Waals surface area contributed by atoms with Gasteiger partial charge in [0.1, 0.15) is 43.0 Å². The number of carboxylic acid groups (broad SMARTS) is 1. The predicted molar refractivity (Wildman–Crippen MR) is 289 cm³/mol. The maximum atomic E-state index is 14.4. The van der Waals surface area contributed by atoms with Gasteiger partial charge in [0.25, 0.3) is 5.91 Å². The Kier molecular flexibility index (Phi) is 14.5. The van der Waals surface area contributed by atoms with Crippen molar-refractivity contribution in [2.75, 3.05) is 63.9 Å². The number of aromatic carboxylic acids is 1. The lowest BCUT2D eigenvalue weighted by Crippen LogP contribution is -2.41. The van der Waals surface area contributed by atoms with E-state index in [4.69, 9.17) is 15.0 Å². The fourth-order valence-corrected chi connectivity index (χ4v) is 12.0. The fraction of sp³-hybridized carbons (Fsp3) is 0.367. The van der Waals surface area contributed by atoms with E-state index in [1.165, 1.54) is 33.3 Å². The number of ether oxygens (including phenoxy) is 2. The summed E-state index contributed by atoms with van der Waals surface area (Å²) >= 11 is 0. The molecule has 0 unspecified atom stereocenters. The predicted octanol–water partition coefficient (Wildman–Crippen LogP) is 7.87. The van der Waals surface area contributed by atoms with Gasteiger partial charge in [0, 0.05) is 120 Å². The summed E-state index contributed by atoms with van der Waals surface area (Å²) in [5.74, 6) is 0.667. The number of hydrogen-bond acceptors (Lipinski definition) is 9. The zero-order chi connectivity index (χ0) is 51.4. The lowest BCUT2D eigenvalue weighted by molar-refractivity contribution is -0.131. The van der Waals surface area contributed by atoms with Gasteiger partial charge in [0.05, 0.1) is 11.1 Å². The number of benzene rings is 6. The topological polar surface area (TPSA) is 192 Å². The molecular weight excluding hydrogens is 945 g/mol. The summed E-state index contributed by atoms with van der Waals surface area (Å²) in [5.41, 5.74) is 19.0. The Balaban J connectivity index is 0.860. The van der Waals surface area contributed by atoms with Crippen LogP contribution in [0.3, 0.4) is 0 Å². The average molecular weight is 1010 g/mol. The fourth-order valence-electron chi connectivity index (χ4n) is 12.0. The summed E-state index contributed by atoms with van der Waals surface area (Å²) < 4.78 is 15.8. The molecule has 15 nitrogen and oxygen atoms in total. The molecule has 6 aromatic rings. The highest BCUT2D eigenvalue weighted by Crippen LogP contribution is 2.48. The molecule has 5 heterocycles. The molecule has 11 rings (SSSR count). The quantitative estimate of drug-likeness (QED) is 0.0231. The van der Waals surface area contributed by atoms with Crippen molar-refractivity contribution in [3.63, 3.8) is 0 Å². The summed E-state index contributed by atoms with van der Waals surface area (Å²) in [6, 6.07) is 30.1. The van der Waals surface area contributed by atoms with E-state index in [1.54, 1.807) is 47.4 Å². The van der Waals surface area contributed by atoms with E-state index in [9.17, 15) is 24.6 Å². The van der Waals surface area contributed by atoms with Crippen molar-refractivity contribution in [2.24, 2.45) is 5.11 Å². The molecule has 0 fully saturated rings. The van der Waals surface area contributed by atoms with Gasteiger partial charge >= 0.3 is 5.97 Å². The van der Waals surface area contributed by atoms with Gasteiger partial charge in [-0.3, -0.25) is 9.59 Å². The molecule has 1 atom stereocenters. The summed E-state index contributed by atoms with van der Waals surface area (Å²) in [7, 11) is 0. The average Bonchev–Trinajstić information content (AvgIpc) is 3.81. The smallest absolute Gasteiger partial charge is 0.336 e. The van der Waals surface area contributed by atoms with Gasteiger partial charge in [-0.1, -0.05) is 65.8 Å². The Labute approximate surface area is 435 Å². The molecule has 0 saturated heterocycles. The van der Waals surface area contributed by atoms with Crippen LogP contribution in [0.5, 0.6) is 17.2 Å². The van der Waals surface area contributed by atoms with E-state index in [2.05, 4.69) is 42.3 Å². The zero-order valence-corrected chi connectivity index (χ0v) is 42.3. The van der Waals surface area contributed by atoms with Crippen molar-refractivity contribution >= 4 is 45.5 Å². The monoisotopic (exact) mass is 1010 g/mol. The molecule has 6 aromatic carbocycles. The first-order chi connectivity index (χ1) is 36.7. The number of carboxylic acids is 1. The third-order valence-electron chi connectivity index (χ3n) is 15.5. The van der Waals surface area contributed by atoms with Crippen molar-refractivity contribution in [2.45, 2.75) is 83.3 Å². The number of carbonyl (C=O) groups excluding carboxylic acids is 2. The summed E-state index contributed by atoms with van der Waals surface area (Å²) in [6.45, 7) is 5.12. The Morgan fingerprint density at radius 2 is 1.63 bits per heavy atom. The lowest BCUT2D eigenvalue weighted by Gasteiger charge is -2.35. The molecule has 5 aliphatic rings. The Morgan fingerprint density at radius 3 is 2.49 bits per heavy atom. The van der Waals surface area contributed by atoms with Crippen LogP contribution >= 0.6 is 0 Å². The zero-order valence-electron chi connectivity index (χ0n) is 42.3. The molecule has 0 aromatic heterocycles. The third kappa shape index (κ3) is 10.3. The van der Waals surface area contributed by atoms with Crippen LogP contribution in [0.25, 0.3) is 26.8 Å². The molecule has 2 amide bonds. The van der Waals surface area contributed by atoms with E-state index in [1.807, 2.05) is 42.5 Å². The third-order valence-corrected chi connectivity index (χ3v) is 15.5. The van der Waals surface area contributed by atoms with Crippen LogP contribution in [0.2, 0.25) is 0 Å². The highest BCUT2D eigenvalue weighted by atomic mass is 16.5. The van der Waals surface area contributed by atoms with Crippen molar-refractivity contribution in [3.05, 3.63) is 168 Å². The Bertz CT molecular complexity index is 3400. The first-order valence-corrected chi connectivity index (χ1v) is 26.7. The highest BCUT2D eigenvalue weighted by Gasteiger charge is 2.36. The van der Waals surface area contributed by atoms with Crippen molar-refractivity contribution < 1.29 is 34.1 Å². The SMILES string of the molecule is [N-]=[N+]=Nc1ccc(CN(CCNC(=O)c2ccc(C(=O)O)c(C3=c4cc5c6c(c4Oc4c3cc3c7c4CCCN7CCCC3)CCC[N+]=6CCCC5)c2)C(=O)CCNC[C@H](O)COc2cccc3ccccc23)cc1. The van der Waals surface area contributed by atoms with Crippen LogP contribution in [-0.4, -0.2) is 98.0 Å². The number of aryl methyl sites for hydroxylation is 2. The Hall–Kier alpha value is -7.71. The minimum Gasteiger partial charge on any atom is -0.490 e. The molecule has 0 spiro atoms. The number of nitrogens with one attached hydrogen (secondary N) is 2. The number of hydrogen-bond donors (Lipinski definition) is 4. The van der Waals surface area contributed by atoms with E-state index >= 15 is 0 Å². The molecule has 15 heteroatoms. The van der Waals surface area contributed by atoms with Crippen LogP contribution in [0.1, 0.15) is 105 Å². The number of fused-ring (bicyclic) bond motifs is 5. The molecular formula is C60H63N8O7+. The largest absolute Gasteiger partial charge is 0.490 e. The number of aliphatic hydroxyl groups excluding tert-OH is 1. The molecule has 384 valence electrons. The van der Waals surface area contributed by atoms with Gasteiger partial charge in [0.2, 0.25) is 11.3 Å². The number of nitrogens with zero attached hydrogens (tertiary/aromatic N) is 6. The molecule has 0 radical (unpaired) electrons. The van der Waals surface area contributed by atoms with E-state index in [0.717, 1.165) is 135 Å². The molecule has 5 aliphatic heterocycles. The summed E-state index contributed by atoms with van der Waals surface area (Å²) in [6.07, 6.45) is 9.25. The molecule has 0 bridgehead atoms. The van der Waals surface area contributed by atoms with E-state index in [-0.39, 0.29) is 50.7 Å². The number of aliphatic hydroxyl groups is 1. The van der Waals surface area contributed by atoms with Crippen LogP contribution in [-0.2, 0) is 37.0 Å². The maximum Gasteiger partial charge on any atom is 0.336 e. The van der Waals surface area contributed by atoms with E-state index in [0.29, 0.717) is 29.1 Å². The number of carbonyl (C=O) groups is 3. The number of anilines is 1. The van der Waals surface area contributed by atoms with Gasteiger partial charge in [-0.15, -0.1) is 0 Å². The summed E-state index contributed by atoms with van der Waals surface area (Å²) in [4.78, 5) is 48.8.